The van der Waals surface area contributed by atoms with Crippen molar-refractivity contribution in [2.75, 3.05) is 6.61 Å². The molecule has 0 aliphatic carbocycles. The number of hydrogen-bond acceptors (Lipinski definition) is 6. The Bertz CT molecular complexity index is 214. The smallest absolute Gasteiger partial charge is 0.111 e. The third-order valence-corrected chi connectivity index (χ3v) is 2.50. The maximum atomic E-state index is 9.66. The predicted octanol–water partition coefficient (Wildman–Crippen LogP) is -1.78. The van der Waals surface area contributed by atoms with Gasteiger partial charge in [-0.3, -0.25) is 0 Å². The zero-order valence-corrected chi connectivity index (χ0v) is 10.5. The molecular formula is C11H24O6. The van der Waals surface area contributed by atoms with Crippen molar-refractivity contribution in [2.24, 2.45) is 5.41 Å². The van der Waals surface area contributed by atoms with Crippen LogP contribution < -0.4 is 0 Å². The number of aliphatic hydroxyl groups is 6. The van der Waals surface area contributed by atoms with Gasteiger partial charge in [-0.15, -0.1) is 0 Å². The molecule has 0 aromatic heterocycles. The van der Waals surface area contributed by atoms with E-state index in [4.69, 9.17) is 10.2 Å². The molecule has 17 heavy (non-hydrogen) atoms. The van der Waals surface area contributed by atoms with Gasteiger partial charge in [0.15, 0.2) is 0 Å². The first-order valence-corrected chi connectivity index (χ1v) is 5.61. The lowest BCUT2D eigenvalue weighted by atomic mass is 9.85. The van der Waals surface area contributed by atoms with Crippen molar-refractivity contribution < 1.29 is 30.6 Å². The van der Waals surface area contributed by atoms with Gasteiger partial charge in [-0.05, 0) is 11.8 Å². The first-order chi connectivity index (χ1) is 7.60. The summed E-state index contributed by atoms with van der Waals surface area (Å²) in [7, 11) is 0. The van der Waals surface area contributed by atoms with E-state index in [1.807, 2.05) is 20.8 Å². The molecule has 6 nitrogen and oxygen atoms in total. The third-order valence-electron chi connectivity index (χ3n) is 2.50. The van der Waals surface area contributed by atoms with Crippen molar-refractivity contribution in [3.05, 3.63) is 0 Å². The molecule has 0 saturated carbocycles. The second-order valence-corrected chi connectivity index (χ2v) is 5.55. The van der Waals surface area contributed by atoms with Crippen LogP contribution in [0, 0.1) is 5.41 Å². The summed E-state index contributed by atoms with van der Waals surface area (Å²) < 4.78 is 0. The van der Waals surface area contributed by atoms with Crippen molar-refractivity contribution in [1.82, 2.24) is 0 Å². The first kappa shape index (κ1) is 16.8. The third kappa shape index (κ3) is 5.76. The van der Waals surface area contributed by atoms with Gasteiger partial charge in [-0.1, -0.05) is 20.8 Å². The maximum absolute atomic E-state index is 9.66. The molecule has 6 N–H and O–H groups in total. The summed E-state index contributed by atoms with van der Waals surface area (Å²) >= 11 is 0. The largest absolute Gasteiger partial charge is 0.394 e. The fourth-order valence-corrected chi connectivity index (χ4v) is 1.51. The Hall–Kier alpha value is -0.240. The van der Waals surface area contributed by atoms with Gasteiger partial charge in [0.05, 0.1) is 12.7 Å². The average Bonchev–Trinajstić information content (AvgIpc) is 2.22. The molecule has 0 aliphatic rings. The lowest BCUT2D eigenvalue weighted by Crippen LogP contribution is -2.50. The number of hydrogen-bond donors (Lipinski definition) is 6. The maximum Gasteiger partial charge on any atom is 0.111 e. The van der Waals surface area contributed by atoms with E-state index >= 15 is 0 Å². The molecule has 0 bridgehead atoms. The second kappa shape index (κ2) is 6.63. The minimum Gasteiger partial charge on any atom is -0.394 e. The van der Waals surface area contributed by atoms with Crippen molar-refractivity contribution in [1.29, 1.82) is 0 Å². The molecule has 0 aromatic rings. The number of rotatable bonds is 6. The highest BCUT2D eigenvalue weighted by Crippen LogP contribution is 2.23. The van der Waals surface area contributed by atoms with Gasteiger partial charge >= 0.3 is 0 Å². The van der Waals surface area contributed by atoms with Crippen LogP contribution in [0.5, 0.6) is 0 Å². The highest BCUT2D eigenvalue weighted by Gasteiger charge is 2.35. The molecule has 0 amide bonds. The SMILES string of the molecule is CC(C)(C)CC(O)[C@@H](O)[C@@H](O)[C@H](O)[C@H](O)CO. The monoisotopic (exact) mass is 252 g/mol. The minimum atomic E-state index is -1.71. The van der Waals surface area contributed by atoms with Crippen LogP contribution in [-0.2, 0) is 0 Å². The first-order valence-electron chi connectivity index (χ1n) is 5.61. The topological polar surface area (TPSA) is 121 Å². The molecule has 0 radical (unpaired) electrons. The second-order valence-electron chi connectivity index (χ2n) is 5.55. The zero-order chi connectivity index (χ0) is 13.8. The van der Waals surface area contributed by atoms with E-state index < -0.39 is 37.1 Å². The van der Waals surface area contributed by atoms with Crippen LogP contribution in [0.2, 0.25) is 0 Å². The van der Waals surface area contributed by atoms with Crippen molar-refractivity contribution in [3.8, 4) is 0 Å². The Kier molecular flexibility index (Phi) is 6.53. The van der Waals surface area contributed by atoms with E-state index in [1.165, 1.54) is 0 Å². The molecular weight excluding hydrogens is 228 g/mol. The summed E-state index contributed by atoms with van der Waals surface area (Å²) in [5.74, 6) is 0. The summed E-state index contributed by atoms with van der Waals surface area (Å²) in [6, 6.07) is 0. The Balaban J connectivity index is 4.43. The summed E-state index contributed by atoms with van der Waals surface area (Å²) in [6.07, 6.45) is -7.54. The Morgan fingerprint density at radius 2 is 1.18 bits per heavy atom. The fraction of sp³-hybridized carbons (Fsp3) is 1.00. The van der Waals surface area contributed by atoms with Crippen LogP contribution in [0.3, 0.4) is 0 Å². The molecule has 0 aromatic carbocycles. The molecule has 1 unspecified atom stereocenters. The van der Waals surface area contributed by atoms with Gasteiger partial charge in [0.1, 0.15) is 24.4 Å². The molecule has 0 heterocycles. The number of aliphatic hydroxyl groups excluding tert-OH is 6. The molecule has 0 saturated heterocycles. The van der Waals surface area contributed by atoms with Crippen LogP contribution in [0.15, 0.2) is 0 Å². The summed E-state index contributed by atoms with van der Waals surface area (Å²) in [4.78, 5) is 0. The van der Waals surface area contributed by atoms with Crippen LogP contribution in [0.1, 0.15) is 27.2 Å². The van der Waals surface area contributed by atoms with Gasteiger partial charge in [0, 0.05) is 0 Å². The van der Waals surface area contributed by atoms with E-state index in [0.717, 1.165) is 0 Å². The lowest BCUT2D eigenvalue weighted by Gasteiger charge is -2.31. The highest BCUT2D eigenvalue weighted by atomic mass is 16.4. The molecule has 0 aliphatic heterocycles. The zero-order valence-electron chi connectivity index (χ0n) is 10.5. The molecule has 5 atom stereocenters. The summed E-state index contributed by atoms with van der Waals surface area (Å²) in [5, 5.41) is 55.9. The molecule has 104 valence electrons. The molecule has 0 fully saturated rings. The van der Waals surface area contributed by atoms with Crippen molar-refractivity contribution in [3.63, 3.8) is 0 Å². The van der Waals surface area contributed by atoms with Gasteiger partial charge in [-0.2, -0.15) is 0 Å². The molecule has 0 rings (SSSR count). The molecule has 6 heteroatoms. The Morgan fingerprint density at radius 1 is 0.765 bits per heavy atom. The van der Waals surface area contributed by atoms with E-state index in [0.29, 0.717) is 0 Å². The summed E-state index contributed by atoms with van der Waals surface area (Å²) in [6.45, 7) is 4.83. The van der Waals surface area contributed by atoms with Crippen LogP contribution in [0.25, 0.3) is 0 Å². The predicted molar refractivity (Wildman–Crippen MR) is 61.2 cm³/mol. The van der Waals surface area contributed by atoms with Crippen molar-refractivity contribution >= 4 is 0 Å². The highest BCUT2D eigenvalue weighted by molar-refractivity contribution is 4.86. The van der Waals surface area contributed by atoms with Gasteiger partial charge in [0.25, 0.3) is 0 Å². The average molecular weight is 252 g/mol. The van der Waals surface area contributed by atoms with Crippen LogP contribution in [-0.4, -0.2) is 67.8 Å². The Labute approximate surface area is 101 Å². The fourth-order valence-electron chi connectivity index (χ4n) is 1.51. The van der Waals surface area contributed by atoms with E-state index in [-0.39, 0.29) is 11.8 Å². The van der Waals surface area contributed by atoms with E-state index in [1.54, 1.807) is 0 Å². The van der Waals surface area contributed by atoms with Gasteiger partial charge in [0.2, 0.25) is 0 Å². The van der Waals surface area contributed by atoms with Crippen LogP contribution in [0.4, 0.5) is 0 Å². The van der Waals surface area contributed by atoms with Gasteiger partial charge < -0.3 is 30.6 Å². The van der Waals surface area contributed by atoms with Crippen molar-refractivity contribution in [2.45, 2.75) is 57.7 Å². The van der Waals surface area contributed by atoms with Gasteiger partial charge in [-0.25, -0.2) is 0 Å². The normalized spacial score (nSPS) is 21.7. The van der Waals surface area contributed by atoms with Crippen LogP contribution >= 0.6 is 0 Å². The van der Waals surface area contributed by atoms with E-state index in [2.05, 4.69) is 0 Å². The van der Waals surface area contributed by atoms with E-state index in [9.17, 15) is 20.4 Å². The summed E-state index contributed by atoms with van der Waals surface area (Å²) in [5.41, 5.74) is -0.249. The lowest BCUT2D eigenvalue weighted by molar-refractivity contribution is -0.144. The quantitative estimate of drug-likeness (QED) is 0.332. The molecule has 0 spiro atoms. The Morgan fingerprint density at radius 3 is 1.53 bits per heavy atom. The minimum absolute atomic E-state index is 0.229. The standard InChI is InChI=1S/C11H24O6/c1-11(2,3)4-6(13)8(15)10(17)9(16)7(14)5-12/h6-10,12-17H,4-5H2,1-3H3/t6?,7-,8-,9-,10-/m1/s1.